The van der Waals surface area contributed by atoms with E-state index in [1.54, 1.807) is 19.2 Å². The Labute approximate surface area is 135 Å². The van der Waals surface area contributed by atoms with E-state index < -0.39 is 0 Å². The summed E-state index contributed by atoms with van der Waals surface area (Å²) >= 11 is 0. The van der Waals surface area contributed by atoms with Gasteiger partial charge in [0.15, 0.2) is 5.96 Å². The lowest BCUT2D eigenvalue weighted by Gasteiger charge is -2.11. The number of hydrogen-bond acceptors (Lipinski definition) is 3. The fourth-order valence-electron chi connectivity index (χ4n) is 1.99. The van der Waals surface area contributed by atoms with Gasteiger partial charge in [-0.05, 0) is 30.7 Å². The van der Waals surface area contributed by atoms with Crippen LogP contribution < -0.4 is 15.4 Å². The quantitative estimate of drug-likeness (QED) is 0.635. The van der Waals surface area contributed by atoms with Gasteiger partial charge in [0.1, 0.15) is 5.82 Å². The average molecular weight is 316 g/mol. The summed E-state index contributed by atoms with van der Waals surface area (Å²) in [5.74, 6) is 0.976. The molecule has 122 valence electrons. The molecule has 1 heterocycles. The highest BCUT2D eigenvalue weighted by Crippen LogP contribution is 2.07. The van der Waals surface area contributed by atoms with E-state index in [0.717, 1.165) is 17.8 Å². The van der Waals surface area contributed by atoms with Crippen molar-refractivity contribution in [2.45, 2.75) is 20.0 Å². The number of hydrogen-bond donors (Lipinski definition) is 2. The number of aromatic nitrogens is 1. The van der Waals surface area contributed by atoms with E-state index in [2.05, 4.69) is 20.6 Å². The fraction of sp³-hybridized carbons (Fsp3) is 0.294. The smallest absolute Gasteiger partial charge is 0.213 e. The molecule has 0 aliphatic rings. The normalized spacial score (nSPS) is 11.2. The Kier molecular flexibility index (Phi) is 6.35. The van der Waals surface area contributed by atoms with E-state index in [1.807, 2.05) is 25.1 Å². The third-order valence-corrected chi connectivity index (χ3v) is 3.08. The van der Waals surface area contributed by atoms with Crippen molar-refractivity contribution in [3.8, 4) is 5.88 Å². The third-order valence-electron chi connectivity index (χ3n) is 3.08. The van der Waals surface area contributed by atoms with Gasteiger partial charge in [0.2, 0.25) is 5.88 Å². The molecular formula is C17H21FN4O. The molecule has 0 spiro atoms. The van der Waals surface area contributed by atoms with E-state index in [4.69, 9.17) is 4.74 Å². The molecule has 0 atom stereocenters. The maximum atomic E-state index is 13.2. The second kappa shape index (κ2) is 8.73. The summed E-state index contributed by atoms with van der Waals surface area (Å²) in [6, 6.07) is 12.0. The summed E-state index contributed by atoms with van der Waals surface area (Å²) in [4.78, 5) is 8.79. The van der Waals surface area contributed by atoms with Gasteiger partial charge in [-0.25, -0.2) is 14.4 Å². The van der Waals surface area contributed by atoms with Gasteiger partial charge < -0.3 is 15.4 Å². The predicted molar refractivity (Wildman–Crippen MR) is 88.8 cm³/mol. The SMILES string of the molecule is CCNC(=NCc1cccc(F)c1)NCc1cccc(OC)n1. The Morgan fingerprint density at radius 2 is 2.04 bits per heavy atom. The van der Waals surface area contributed by atoms with Crippen LogP contribution in [0, 0.1) is 5.82 Å². The number of rotatable bonds is 6. The number of pyridine rings is 1. The van der Waals surface area contributed by atoms with Crippen molar-refractivity contribution in [2.24, 2.45) is 4.99 Å². The Bertz CT molecular complexity index is 661. The first-order chi connectivity index (χ1) is 11.2. The summed E-state index contributed by atoms with van der Waals surface area (Å²) in [7, 11) is 1.59. The van der Waals surface area contributed by atoms with Crippen LogP contribution in [-0.2, 0) is 13.1 Å². The highest BCUT2D eigenvalue weighted by molar-refractivity contribution is 5.79. The van der Waals surface area contributed by atoms with Gasteiger partial charge in [-0.3, -0.25) is 0 Å². The molecule has 6 heteroatoms. The van der Waals surface area contributed by atoms with Gasteiger partial charge in [-0.1, -0.05) is 18.2 Å². The zero-order valence-electron chi connectivity index (χ0n) is 13.3. The van der Waals surface area contributed by atoms with Crippen LogP contribution in [-0.4, -0.2) is 24.6 Å². The minimum Gasteiger partial charge on any atom is -0.481 e. The van der Waals surface area contributed by atoms with Crippen LogP contribution >= 0.6 is 0 Å². The molecule has 0 radical (unpaired) electrons. The molecule has 0 aliphatic heterocycles. The van der Waals surface area contributed by atoms with Gasteiger partial charge in [-0.2, -0.15) is 0 Å². The molecular weight excluding hydrogens is 295 g/mol. The summed E-state index contributed by atoms with van der Waals surface area (Å²) in [5, 5.41) is 6.35. The predicted octanol–water partition coefficient (Wildman–Crippen LogP) is 2.48. The van der Waals surface area contributed by atoms with Crippen LogP contribution in [0.3, 0.4) is 0 Å². The Hall–Kier alpha value is -2.63. The summed E-state index contributed by atoms with van der Waals surface area (Å²) in [6.07, 6.45) is 0. The van der Waals surface area contributed by atoms with Gasteiger partial charge in [0.25, 0.3) is 0 Å². The van der Waals surface area contributed by atoms with Crippen LogP contribution in [0.2, 0.25) is 0 Å². The van der Waals surface area contributed by atoms with Crippen LogP contribution in [0.5, 0.6) is 5.88 Å². The second-order valence-corrected chi connectivity index (χ2v) is 4.85. The second-order valence-electron chi connectivity index (χ2n) is 4.85. The van der Waals surface area contributed by atoms with Crippen LogP contribution in [0.15, 0.2) is 47.5 Å². The Balaban J connectivity index is 1.98. The number of methoxy groups -OCH3 is 1. The molecule has 2 aromatic rings. The molecule has 0 saturated heterocycles. The third kappa shape index (κ3) is 5.58. The number of halogens is 1. The van der Waals surface area contributed by atoms with E-state index in [1.165, 1.54) is 12.1 Å². The van der Waals surface area contributed by atoms with Crippen molar-refractivity contribution < 1.29 is 9.13 Å². The Morgan fingerprint density at radius 3 is 2.78 bits per heavy atom. The molecule has 2 N–H and O–H groups in total. The lowest BCUT2D eigenvalue weighted by molar-refractivity contribution is 0.396. The topological polar surface area (TPSA) is 58.5 Å². The summed E-state index contributed by atoms with van der Waals surface area (Å²) in [5.41, 5.74) is 1.67. The van der Waals surface area contributed by atoms with Gasteiger partial charge >= 0.3 is 0 Å². The number of guanidine groups is 1. The van der Waals surface area contributed by atoms with Crippen molar-refractivity contribution in [3.63, 3.8) is 0 Å². The number of ether oxygens (including phenoxy) is 1. The molecule has 0 bridgehead atoms. The number of benzene rings is 1. The van der Waals surface area contributed by atoms with Gasteiger partial charge in [0.05, 0.1) is 25.9 Å². The Morgan fingerprint density at radius 1 is 1.22 bits per heavy atom. The molecule has 0 fully saturated rings. The molecule has 1 aromatic heterocycles. The molecule has 2 rings (SSSR count). The zero-order valence-corrected chi connectivity index (χ0v) is 13.3. The van der Waals surface area contributed by atoms with E-state index in [0.29, 0.717) is 24.9 Å². The highest BCUT2D eigenvalue weighted by Gasteiger charge is 2.01. The lowest BCUT2D eigenvalue weighted by atomic mass is 10.2. The van der Waals surface area contributed by atoms with Crippen molar-refractivity contribution >= 4 is 5.96 Å². The molecule has 0 saturated carbocycles. The van der Waals surface area contributed by atoms with Gasteiger partial charge in [-0.15, -0.1) is 0 Å². The standard InChI is InChI=1S/C17H21FN4O/c1-3-19-17(20-11-13-6-4-7-14(18)10-13)21-12-15-8-5-9-16(22-15)23-2/h4-10H,3,11-12H2,1-2H3,(H2,19,20,21). The lowest BCUT2D eigenvalue weighted by Crippen LogP contribution is -2.37. The average Bonchev–Trinajstić information content (AvgIpc) is 2.57. The zero-order chi connectivity index (χ0) is 16.5. The van der Waals surface area contributed by atoms with E-state index >= 15 is 0 Å². The maximum absolute atomic E-state index is 13.2. The first-order valence-electron chi connectivity index (χ1n) is 7.48. The minimum absolute atomic E-state index is 0.253. The van der Waals surface area contributed by atoms with Crippen LogP contribution in [0.4, 0.5) is 4.39 Å². The van der Waals surface area contributed by atoms with E-state index in [9.17, 15) is 4.39 Å². The molecule has 0 amide bonds. The summed E-state index contributed by atoms with van der Waals surface area (Å²) < 4.78 is 18.3. The van der Waals surface area contributed by atoms with Crippen molar-refractivity contribution in [2.75, 3.05) is 13.7 Å². The van der Waals surface area contributed by atoms with Crippen LogP contribution in [0.25, 0.3) is 0 Å². The fourth-order valence-corrected chi connectivity index (χ4v) is 1.99. The van der Waals surface area contributed by atoms with Crippen LogP contribution in [0.1, 0.15) is 18.2 Å². The maximum Gasteiger partial charge on any atom is 0.213 e. The monoisotopic (exact) mass is 316 g/mol. The molecule has 1 aromatic carbocycles. The largest absolute Gasteiger partial charge is 0.481 e. The number of nitrogens with zero attached hydrogens (tertiary/aromatic N) is 2. The number of nitrogens with one attached hydrogen (secondary N) is 2. The van der Waals surface area contributed by atoms with Crippen molar-refractivity contribution in [1.82, 2.24) is 15.6 Å². The highest BCUT2D eigenvalue weighted by atomic mass is 19.1. The molecule has 0 aliphatic carbocycles. The van der Waals surface area contributed by atoms with E-state index in [-0.39, 0.29) is 5.82 Å². The molecule has 5 nitrogen and oxygen atoms in total. The first-order valence-corrected chi connectivity index (χ1v) is 7.48. The molecule has 23 heavy (non-hydrogen) atoms. The minimum atomic E-state index is -0.253. The first kappa shape index (κ1) is 16.7. The number of aliphatic imine (C=N–C) groups is 1. The van der Waals surface area contributed by atoms with Gasteiger partial charge in [0, 0.05) is 12.6 Å². The molecule has 0 unspecified atom stereocenters. The van der Waals surface area contributed by atoms with Crippen molar-refractivity contribution in [1.29, 1.82) is 0 Å². The summed E-state index contributed by atoms with van der Waals surface area (Å²) in [6.45, 7) is 3.65. The van der Waals surface area contributed by atoms with Crippen molar-refractivity contribution in [3.05, 3.63) is 59.5 Å².